The number of carbonyl (C=O) groups is 1. The molecule has 0 N–H and O–H groups in total. The van der Waals surface area contributed by atoms with Gasteiger partial charge in [0.15, 0.2) is 0 Å². The highest BCUT2D eigenvalue weighted by atomic mass is 79.9. The van der Waals surface area contributed by atoms with Gasteiger partial charge in [0, 0.05) is 35.6 Å². The summed E-state index contributed by atoms with van der Waals surface area (Å²) in [6.07, 6.45) is 0.482. The number of para-hydroxylation sites is 3. The topological polar surface area (TPSA) is 38.1 Å². The van der Waals surface area contributed by atoms with Crippen LogP contribution in [0, 0.1) is 13.8 Å². The van der Waals surface area contributed by atoms with Crippen LogP contribution in [0.25, 0.3) is 11.0 Å². The number of benzene rings is 3. The van der Waals surface area contributed by atoms with Gasteiger partial charge < -0.3 is 9.47 Å². The number of nitrogens with zero attached hydrogens (tertiary/aromatic N) is 3. The minimum Gasteiger partial charge on any atom is -0.323 e. The number of rotatable bonds is 4. The lowest BCUT2D eigenvalue weighted by Crippen LogP contribution is -2.26. The maximum absolute atomic E-state index is 13.1. The highest BCUT2D eigenvalue weighted by Gasteiger charge is 2.35. The van der Waals surface area contributed by atoms with Gasteiger partial charge in [-0.3, -0.25) is 4.79 Å². The van der Waals surface area contributed by atoms with Crippen molar-refractivity contribution >= 4 is 38.6 Å². The molecule has 1 fully saturated rings. The lowest BCUT2D eigenvalue weighted by atomic mass is 10.1. The first-order valence-corrected chi connectivity index (χ1v) is 11.4. The molecule has 1 aromatic heterocycles. The summed E-state index contributed by atoms with van der Waals surface area (Å²) in [5.41, 5.74) is 6.61. The first kappa shape index (κ1) is 20.0. The van der Waals surface area contributed by atoms with Crippen LogP contribution in [0.4, 0.5) is 5.69 Å². The summed E-state index contributed by atoms with van der Waals surface area (Å²) in [7, 11) is 0. The number of anilines is 1. The quantitative estimate of drug-likeness (QED) is 0.365. The Bertz CT molecular complexity index is 1270. The minimum absolute atomic E-state index is 0.0612. The Balaban J connectivity index is 1.55. The van der Waals surface area contributed by atoms with Crippen molar-refractivity contribution in [3.8, 4) is 0 Å². The molecule has 1 atom stereocenters. The van der Waals surface area contributed by atoms with Gasteiger partial charge in [0.25, 0.3) is 0 Å². The highest BCUT2D eigenvalue weighted by molar-refractivity contribution is 9.10. The van der Waals surface area contributed by atoms with Crippen LogP contribution in [0.15, 0.2) is 71.2 Å². The molecule has 31 heavy (non-hydrogen) atoms. The van der Waals surface area contributed by atoms with Crippen molar-refractivity contribution in [2.24, 2.45) is 0 Å². The maximum Gasteiger partial charge on any atom is 0.227 e. The van der Waals surface area contributed by atoms with Crippen molar-refractivity contribution in [2.75, 3.05) is 11.4 Å². The van der Waals surface area contributed by atoms with E-state index >= 15 is 0 Å². The van der Waals surface area contributed by atoms with Crippen LogP contribution < -0.4 is 4.90 Å². The van der Waals surface area contributed by atoms with E-state index in [4.69, 9.17) is 4.98 Å². The second kappa shape index (κ2) is 7.97. The molecule has 1 saturated heterocycles. The van der Waals surface area contributed by atoms with Gasteiger partial charge in [0.1, 0.15) is 5.82 Å². The number of amides is 1. The van der Waals surface area contributed by atoms with Gasteiger partial charge in [-0.1, -0.05) is 58.4 Å². The Morgan fingerprint density at radius 1 is 1.00 bits per heavy atom. The van der Waals surface area contributed by atoms with Crippen LogP contribution in [0.3, 0.4) is 0 Å². The fourth-order valence-electron chi connectivity index (χ4n) is 4.72. The van der Waals surface area contributed by atoms with E-state index in [0.717, 1.165) is 44.7 Å². The summed E-state index contributed by atoms with van der Waals surface area (Å²) in [4.78, 5) is 20.0. The number of aromatic nitrogens is 2. The fraction of sp³-hybridized carbons (Fsp3) is 0.231. The summed E-state index contributed by atoms with van der Waals surface area (Å²) < 4.78 is 3.34. The highest BCUT2D eigenvalue weighted by Crippen LogP contribution is 2.36. The van der Waals surface area contributed by atoms with Gasteiger partial charge >= 0.3 is 0 Å². The van der Waals surface area contributed by atoms with Crippen molar-refractivity contribution in [1.82, 2.24) is 9.55 Å². The van der Waals surface area contributed by atoms with Crippen LogP contribution in [0.2, 0.25) is 0 Å². The Morgan fingerprint density at radius 2 is 1.74 bits per heavy atom. The molecule has 5 heteroatoms. The molecule has 2 heterocycles. The van der Waals surface area contributed by atoms with Crippen molar-refractivity contribution in [2.45, 2.75) is 32.7 Å². The van der Waals surface area contributed by atoms with Crippen molar-refractivity contribution in [1.29, 1.82) is 0 Å². The normalized spacial score (nSPS) is 16.4. The zero-order chi connectivity index (χ0) is 21.5. The number of hydrogen-bond acceptors (Lipinski definition) is 2. The van der Waals surface area contributed by atoms with E-state index < -0.39 is 0 Å². The molecule has 0 saturated carbocycles. The SMILES string of the molecule is Cc1cccc(C)c1N1CC(c2nc3ccccc3n2Cc2cccc(Br)c2)CC1=O. The van der Waals surface area contributed by atoms with Crippen LogP contribution >= 0.6 is 15.9 Å². The van der Waals surface area contributed by atoms with Crippen molar-refractivity contribution in [3.63, 3.8) is 0 Å². The largest absolute Gasteiger partial charge is 0.323 e. The number of fused-ring (bicyclic) bond motifs is 1. The molecule has 1 aliphatic rings. The molecule has 5 rings (SSSR count). The zero-order valence-corrected chi connectivity index (χ0v) is 19.3. The molecule has 1 amide bonds. The van der Waals surface area contributed by atoms with Gasteiger partial charge in [-0.15, -0.1) is 0 Å². The smallest absolute Gasteiger partial charge is 0.227 e. The lowest BCUT2D eigenvalue weighted by molar-refractivity contribution is -0.117. The van der Waals surface area contributed by atoms with Gasteiger partial charge in [-0.25, -0.2) is 4.98 Å². The predicted octanol–water partition coefficient (Wildman–Crippen LogP) is 5.98. The standard InChI is InChI=1S/C26H24BrN3O/c1-17-7-5-8-18(2)25(17)30-16-20(14-24(30)31)26-28-22-11-3-4-12-23(22)29(26)15-19-9-6-10-21(27)13-19/h3-13,20H,14-16H2,1-2H3. The molecule has 3 aromatic carbocycles. The average molecular weight is 474 g/mol. The molecule has 4 aromatic rings. The number of halogens is 1. The predicted molar refractivity (Wildman–Crippen MR) is 129 cm³/mol. The second-order valence-electron chi connectivity index (χ2n) is 8.32. The number of carbonyl (C=O) groups excluding carboxylic acids is 1. The van der Waals surface area contributed by atoms with Crippen molar-refractivity contribution < 1.29 is 4.79 Å². The van der Waals surface area contributed by atoms with Crippen LogP contribution in [-0.2, 0) is 11.3 Å². The molecule has 4 nitrogen and oxygen atoms in total. The third-order valence-electron chi connectivity index (χ3n) is 6.11. The third kappa shape index (κ3) is 3.68. The van der Waals surface area contributed by atoms with Gasteiger partial charge in [0.2, 0.25) is 5.91 Å². The summed E-state index contributed by atoms with van der Waals surface area (Å²) in [5, 5.41) is 0. The molecule has 1 unspecified atom stereocenters. The Labute approximate surface area is 190 Å². The molecule has 1 aliphatic heterocycles. The van der Waals surface area contributed by atoms with E-state index in [9.17, 15) is 4.79 Å². The zero-order valence-electron chi connectivity index (χ0n) is 17.7. The van der Waals surface area contributed by atoms with E-state index in [0.29, 0.717) is 13.0 Å². The summed E-state index contributed by atoms with van der Waals surface area (Å²) in [6.45, 7) is 5.53. The van der Waals surface area contributed by atoms with Crippen LogP contribution in [0.1, 0.15) is 34.9 Å². The van der Waals surface area contributed by atoms with Gasteiger partial charge in [-0.2, -0.15) is 0 Å². The fourth-order valence-corrected chi connectivity index (χ4v) is 5.16. The van der Waals surface area contributed by atoms with Gasteiger partial charge in [-0.05, 0) is 54.8 Å². The summed E-state index contributed by atoms with van der Waals surface area (Å²) >= 11 is 3.58. The minimum atomic E-state index is 0.0612. The molecule has 156 valence electrons. The molecular formula is C26H24BrN3O. The molecule has 0 bridgehead atoms. The van der Waals surface area contributed by atoms with Crippen molar-refractivity contribution in [3.05, 3.63) is 93.7 Å². The number of aryl methyl sites for hydroxylation is 2. The molecular weight excluding hydrogens is 450 g/mol. The molecule has 0 radical (unpaired) electrons. The number of imidazole rings is 1. The molecule has 0 aliphatic carbocycles. The first-order chi connectivity index (χ1) is 15.0. The van der Waals surface area contributed by atoms with E-state index in [-0.39, 0.29) is 11.8 Å². The van der Waals surface area contributed by atoms with Crippen LogP contribution in [0.5, 0.6) is 0 Å². The first-order valence-electron chi connectivity index (χ1n) is 10.6. The summed E-state index contributed by atoms with van der Waals surface area (Å²) in [5.74, 6) is 1.22. The lowest BCUT2D eigenvalue weighted by Gasteiger charge is -2.21. The van der Waals surface area contributed by atoms with Gasteiger partial charge in [0.05, 0.1) is 11.0 Å². The maximum atomic E-state index is 13.1. The number of hydrogen-bond donors (Lipinski definition) is 0. The van der Waals surface area contributed by atoms with E-state index in [1.54, 1.807) is 0 Å². The monoisotopic (exact) mass is 473 g/mol. The molecule has 0 spiro atoms. The summed E-state index contributed by atoms with van der Waals surface area (Å²) in [6, 6.07) is 22.8. The van der Waals surface area contributed by atoms with E-state index in [1.165, 1.54) is 5.56 Å². The Kier molecular flexibility index (Phi) is 5.14. The Morgan fingerprint density at radius 3 is 2.52 bits per heavy atom. The van der Waals surface area contributed by atoms with E-state index in [2.05, 4.69) is 76.8 Å². The third-order valence-corrected chi connectivity index (χ3v) is 6.61. The second-order valence-corrected chi connectivity index (χ2v) is 9.24. The van der Waals surface area contributed by atoms with Crippen LogP contribution in [-0.4, -0.2) is 22.0 Å². The average Bonchev–Trinajstić information content (AvgIpc) is 3.29. The Hall–Kier alpha value is -2.92. The van der Waals surface area contributed by atoms with E-state index in [1.807, 2.05) is 29.2 Å².